The number of rotatable bonds is 3. The van der Waals surface area contributed by atoms with E-state index in [4.69, 9.17) is 0 Å². The zero-order valence-corrected chi connectivity index (χ0v) is 12.0. The maximum absolute atomic E-state index is 12.1. The molecule has 4 heteroatoms. The van der Waals surface area contributed by atoms with Crippen molar-refractivity contribution in [2.45, 2.75) is 18.4 Å². The van der Waals surface area contributed by atoms with Crippen molar-refractivity contribution in [3.8, 4) is 0 Å². The molecule has 1 aliphatic rings. The first kappa shape index (κ1) is 13.0. The number of H-pyrrole nitrogens is 1. The number of amides is 2. The summed E-state index contributed by atoms with van der Waals surface area (Å²) < 4.78 is 0. The lowest BCUT2D eigenvalue weighted by atomic mass is 10.1. The Balaban J connectivity index is 1.37. The number of aromatic amines is 1. The standard InChI is InChI=1S/C18H17N3O/c22-18(20-14-6-7-16-13(10-14)8-9-19-16)21-17-11-15(17)12-4-2-1-3-5-12/h1-10,15,17,19H,11H2,(H2,20,21,22)/t15-,17?/m0/s1. The molecule has 3 aromatic rings. The van der Waals surface area contributed by atoms with Crippen molar-refractivity contribution >= 4 is 22.6 Å². The highest BCUT2D eigenvalue weighted by Gasteiger charge is 2.39. The van der Waals surface area contributed by atoms with Crippen LogP contribution in [0.15, 0.2) is 60.8 Å². The Bertz CT molecular complexity index is 809. The highest BCUT2D eigenvalue weighted by atomic mass is 16.2. The van der Waals surface area contributed by atoms with Crippen LogP contribution in [0.4, 0.5) is 10.5 Å². The summed E-state index contributed by atoms with van der Waals surface area (Å²) in [6, 6.07) is 18.2. The second kappa shape index (κ2) is 5.22. The number of urea groups is 1. The van der Waals surface area contributed by atoms with Crippen LogP contribution in [0.25, 0.3) is 10.9 Å². The third-order valence-corrected chi connectivity index (χ3v) is 4.15. The Hall–Kier alpha value is -2.75. The molecule has 0 bridgehead atoms. The minimum atomic E-state index is -0.140. The zero-order chi connectivity index (χ0) is 14.9. The molecule has 1 aromatic heterocycles. The van der Waals surface area contributed by atoms with Crippen molar-refractivity contribution in [1.82, 2.24) is 10.3 Å². The van der Waals surface area contributed by atoms with E-state index < -0.39 is 0 Å². The summed E-state index contributed by atoms with van der Waals surface area (Å²) in [4.78, 5) is 15.2. The van der Waals surface area contributed by atoms with Gasteiger partial charge in [0.25, 0.3) is 0 Å². The minimum Gasteiger partial charge on any atom is -0.361 e. The Morgan fingerprint density at radius 2 is 1.95 bits per heavy atom. The van der Waals surface area contributed by atoms with Crippen molar-refractivity contribution in [2.75, 3.05) is 5.32 Å². The zero-order valence-electron chi connectivity index (χ0n) is 12.0. The van der Waals surface area contributed by atoms with Gasteiger partial charge >= 0.3 is 6.03 Å². The van der Waals surface area contributed by atoms with E-state index in [9.17, 15) is 4.79 Å². The molecular weight excluding hydrogens is 274 g/mol. The second-order valence-electron chi connectivity index (χ2n) is 5.74. The van der Waals surface area contributed by atoms with E-state index in [2.05, 4.69) is 27.8 Å². The van der Waals surface area contributed by atoms with Crippen LogP contribution in [0.3, 0.4) is 0 Å². The predicted molar refractivity (Wildman–Crippen MR) is 88.0 cm³/mol. The van der Waals surface area contributed by atoms with E-state index in [-0.39, 0.29) is 12.1 Å². The van der Waals surface area contributed by atoms with E-state index >= 15 is 0 Å². The number of carbonyl (C=O) groups is 1. The summed E-state index contributed by atoms with van der Waals surface area (Å²) in [5, 5.41) is 7.03. The smallest absolute Gasteiger partial charge is 0.319 e. The minimum absolute atomic E-state index is 0.140. The molecule has 0 saturated heterocycles. The quantitative estimate of drug-likeness (QED) is 0.674. The third kappa shape index (κ3) is 2.55. The molecule has 1 heterocycles. The Morgan fingerprint density at radius 3 is 2.82 bits per heavy atom. The van der Waals surface area contributed by atoms with Gasteiger partial charge < -0.3 is 15.6 Å². The van der Waals surface area contributed by atoms with Crippen molar-refractivity contribution in [3.63, 3.8) is 0 Å². The van der Waals surface area contributed by atoms with Gasteiger partial charge in [-0.15, -0.1) is 0 Å². The van der Waals surface area contributed by atoms with E-state index in [0.29, 0.717) is 5.92 Å². The largest absolute Gasteiger partial charge is 0.361 e. The van der Waals surface area contributed by atoms with E-state index in [1.807, 2.05) is 48.7 Å². The van der Waals surface area contributed by atoms with Gasteiger partial charge in [0, 0.05) is 34.7 Å². The van der Waals surface area contributed by atoms with Gasteiger partial charge in [0.15, 0.2) is 0 Å². The predicted octanol–water partition coefficient (Wildman–Crippen LogP) is 3.85. The SMILES string of the molecule is O=C(Nc1ccc2[nH]ccc2c1)NC1C[C@H]1c1ccccc1. The van der Waals surface area contributed by atoms with Crippen LogP contribution < -0.4 is 10.6 Å². The monoisotopic (exact) mass is 291 g/mol. The van der Waals surface area contributed by atoms with E-state index in [1.165, 1.54) is 5.56 Å². The molecule has 1 aliphatic carbocycles. The lowest BCUT2D eigenvalue weighted by molar-refractivity contribution is 0.251. The number of anilines is 1. The van der Waals surface area contributed by atoms with Crippen LogP contribution in [0.2, 0.25) is 0 Å². The summed E-state index contributed by atoms with van der Waals surface area (Å²) in [6.45, 7) is 0. The van der Waals surface area contributed by atoms with Gasteiger partial charge in [0.1, 0.15) is 0 Å². The number of aromatic nitrogens is 1. The molecule has 2 aromatic carbocycles. The molecule has 4 nitrogen and oxygen atoms in total. The Morgan fingerprint density at radius 1 is 1.09 bits per heavy atom. The van der Waals surface area contributed by atoms with Crippen molar-refractivity contribution in [3.05, 3.63) is 66.4 Å². The van der Waals surface area contributed by atoms with Crippen molar-refractivity contribution in [1.29, 1.82) is 0 Å². The summed E-state index contributed by atoms with van der Waals surface area (Å²) in [5.41, 5.74) is 3.17. The third-order valence-electron chi connectivity index (χ3n) is 4.15. The molecule has 110 valence electrons. The molecule has 1 unspecified atom stereocenters. The first-order valence-corrected chi connectivity index (χ1v) is 7.49. The highest BCUT2D eigenvalue weighted by Crippen LogP contribution is 2.40. The van der Waals surface area contributed by atoms with Crippen LogP contribution in [0.5, 0.6) is 0 Å². The first-order valence-electron chi connectivity index (χ1n) is 7.49. The van der Waals surface area contributed by atoms with Gasteiger partial charge in [-0.2, -0.15) is 0 Å². The Labute approximate surface area is 128 Å². The lowest BCUT2D eigenvalue weighted by Gasteiger charge is -2.07. The molecular formula is C18H17N3O. The fourth-order valence-electron chi connectivity index (χ4n) is 2.89. The average Bonchev–Trinajstić information content (AvgIpc) is 3.13. The van der Waals surface area contributed by atoms with Crippen molar-refractivity contribution in [2.24, 2.45) is 0 Å². The van der Waals surface area contributed by atoms with Crippen LogP contribution >= 0.6 is 0 Å². The average molecular weight is 291 g/mol. The molecule has 0 spiro atoms. The molecule has 1 fully saturated rings. The van der Waals surface area contributed by atoms with Gasteiger partial charge in [-0.05, 0) is 36.2 Å². The normalized spacial score (nSPS) is 19.8. The molecule has 2 amide bonds. The second-order valence-corrected chi connectivity index (χ2v) is 5.74. The summed E-state index contributed by atoms with van der Waals surface area (Å²) in [7, 11) is 0. The van der Waals surface area contributed by atoms with Gasteiger partial charge in [0.05, 0.1) is 0 Å². The van der Waals surface area contributed by atoms with Crippen molar-refractivity contribution < 1.29 is 4.79 Å². The number of nitrogens with one attached hydrogen (secondary N) is 3. The summed E-state index contributed by atoms with van der Waals surface area (Å²) in [5.74, 6) is 0.444. The van der Waals surface area contributed by atoms with Gasteiger partial charge in [-0.3, -0.25) is 0 Å². The fraction of sp³-hybridized carbons (Fsp3) is 0.167. The maximum atomic E-state index is 12.1. The fourth-order valence-corrected chi connectivity index (χ4v) is 2.89. The first-order chi connectivity index (χ1) is 10.8. The topological polar surface area (TPSA) is 56.9 Å². The molecule has 0 aliphatic heterocycles. The van der Waals surface area contributed by atoms with E-state index in [0.717, 1.165) is 23.0 Å². The van der Waals surface area contributed by atoms with Crippen LogP contribution in [0, 0.1) is 0 Å². The van der Waals surface area contributed by atoms with Gasteiger partial charge in [-0.25, -0.2) is 4.79 Å². The molecule has 0 radical (unpaired) electrons. The van der Waals surface area contributed by atoms with Crippen LogP contribution in [-0.2, 0) is 0 Å². The summed E-state index contributed by atoms with van der Waals surface area (Å²) >= 11 is 0. The maximum Gasteiger partial charge on any atom is 0.319 e. The van der Waals surface area contributed by atoms with Gasteiger partial charge in [-0.1, -0.05) is 30.3 Å². The van der Waals surface area contributed by atoms with Crippen LogP contribution in [-0.4, -0.2) is 17.1 Å². The number of benzene rings is 2. The van der Waals surface area contributed by atoms with Gasteiger partial charge in [0.2, 0.25) is 0 Å². The molecule has 22 heavy (non-hydrogen) atoms. The lowest BCUT2D eigenvalue weighted by Crippen LogP contribution is -2.31. The molecule has 1 saturated carbocycles. The number of hydrogen-bond acceptors (Lipinski definition) is 1. The summed E-state index contributed by atoms with van der Waals surface area (Å²) in [6.07, 6.45) is 2.90. The molecule has 4 rings (SSSR count). The Kier molecular flexibility index (Phi) is 3.07. The number of fused-ring (bicyclic) bond motifs is 1. The number of hydrogen-bond donors (Lipinski definition) is 3. The van der Waals surface area contributed by atoms with E-state index in [1.54, 1.807) is 0 Å². The molecule has 2 atom stereocenters. The number of carbonyl (C=O) groups excluding carboxylic acids is 1. The van der Waals surface area contributed by atoms with Crippen LogP contribution in [0.1, 0.15) is 17.9 Å². The highest BCUT2D eigenvalue weighted by molar-refractivity contribution is 5.93. The molecule has 3 N–H and O–H groups in total.